The quantitative estimate of drug-likeness (QED) is 0.447. The molecule has 0 aromatic heterocycles. The van der Waals surface area contributed by atoms with Crippen LogP contribution >= 0.6 is 0 Å². The summed E-state index contributed by atoms with van der Waals surface area (Å²) in [5.74, 6) is -2.03. The van der Waals surface area contributed by atoms with Crippen LogP contribution in [0.2, 0.25) is 0 Å². The Morgan fingerprint density at radius 3 is 2.38 bits per heavy atom. The van der Waals surface area contributed by atoms with Gasteiger partial charge in [-0.3, -0.25) is 4.79 Å². The van der Waals surface area contributed by atoms with E-state index in [4.69, 9.17) is 0 Å². The summed E-state index contributed by atoms with van der Waals surface area (Å²) < 4.78 is 18.4. The molecule has 0 aliphatic rings. The molecule has 1 aromatic rings. The fourth-order valence-corrected chi connectivity index (χ4v) is 1.22. The minimum absolute atomic E-state index is 0.0421. The van der Waals surface area contributed by atoms with Crippen molar-refractivity contribution in [3.63, 3.8) is 0 Å². The van der Waals surface area contributed by atoms with Crippen LogP contribution in [0, 0.1) is 0 Å². The standard InChI is InChI=1S/C12H13FO3/c1-3-16-11(15)12(2,13)10(14)9-7-5-4-6-8-9/h4-8H,3H2,1-2H3. The normalized spacial score (nSPS) is 13.9. The Morgan fingerprint density at radius 2 is 1.88 bits per heavy atom. The van der Waals surface area contributed by atoms with E-state index in [0.29, 0.717) is 0 Å². The average Bonchev–Trinajstić information content (AvgIpc) is 2.29. The van der Waals surface area contributed by atoms with E-state index in [-0.39, 0.29) is 12.2 Å². The number of hydrogen-bond donors (Lipinski definition) is 0. The van der Waals surface area contributed by atoms with Crippen LogP contribution in [0.1, 0.15) is 24.2 Å². The van der Waals surface area contributed by atoms with Crippen LogP contribution in [0.3, 0.4) is 0 Å². The van der Waals surface area contributed by atoms with Crippen LogP contribution in [-0.4, -0.2) is 24.0 Å². The van der Waals surface area contributed by atoms with Crippen LogP contribution in [-0.2, 0) is 9.53 Å². The first-order valence-electron chi connectivity index (χ1n) is 4.96. The zero-order valence-corrected chi connectivity index (χ0v) is 9.20. The predicted octanol–water partition coefficient (Wildman–Crippen LogP) is 2.16. The minimum atomic E-state index is -2.63. The molecule has 0 heterocycles. The van der Waals surface area contributed by atoms with Crippen molar-refractivity contribution in [2.45, 2.75) is 19.5 Å². The Labute approximate surface area is 93.2 Å². The molecule has 1 aromatic carbocycles. The van der Waals surface area contributed by atoms with Gasteiger partial charge in [0.1, 0.15) is 0 Å². The maximum atomic E-state index is 13.9. The van der Waals surface area contributed by atoms with Gasteiger partial charge >= 0.3 is 5.97 Å². The SMILES string of the molecule is CCOC(=O)C(C)(F)C(=O)c1ccccc1. The molecule has 0 spiro atoms. The van der Waals surface area contributed by atoms with Crippen molar-refractivity contribution in [3.8, 4) is 0 Å². The van der Waals surface area contributed by atoms with E-state index in [1.165, 1.54) is 12.1 Å². The second kappa shape index (κ2) is 4.88. The zero-order chi connectivity index (χ0) is 12.2. The molecule has 0 aliphatic carbocycles. The summed E-state index contributed by atoms with van der Waals surface area (Å²) in [6.07, 6.45) is 0. The summed E-state index contributed by atoms with van der Waals surface area (Å²) in [4.78, 5) is 23.0. The molecule has 0 amide bonds. The lowest BCUT2D eigenvalue weighted by Gasteiger charge is -2.16. The van der Waals surface area contributed by atoms with Gasteiger partial charge in [-0.2, -0.15) is 0 Å². The highest BCUT2D eigenvalue weighted by Crippen LogP contribution is 2.19. The van der Waals surface area contributed by atoms with Gasteiger partial charge in [-0.1, -0.05) is 30.3 Å². The third-order valence-electron chi connectivity index (χ3n) is 2.12. The Morgan fingerprint density at radius 1 is 1.31 bits per heavy atom. The van der Waals surface area contributed by atoms with Crippen LogP contribution in [0.15, 0.2) is 30.3 Å². The van der Waals surface area contributed by atoms with Crippen molar-refractivity contribution in [1.82, 2.24) is 0 Å². The van der Waals surface area contributed by atoms with Crippen molar-refractivity contribution >= 4 is 11.8 Å². The summed E-state index contributed by atoms with van der Waals surface area (Å²) in [5.41, 5.74) is -2.47. The molecular weight excluding hydrogens is 211 g/mol. The Kier molecular flexibility index (Phi) is 3.77. The summed E-state index contributed by atoms with van der Waals surface area (Å²) in [6.45, 7) is 2.52. The van der Waals surface area contributed by atoms with Crippen molar-refractivity contribution in [3.05, 3.63) is 35.9 Å². The molecule has 0 bridgehead atoms. The molecule has 3 nitrogen and oxygen atoms in total. The molecule has 0 aliphatic heterocycles. The number of alkyl halides is 1. The molecule has 0 N–H and O–H groups in total. The highest BCUT2D eigenvalue weighted by molar-refractivity contribution is 6.14. The number of carbonyl (C=O) groups is 2. The number of esters is 1. The average molecular weight is 224 g/mol. The van der Waals surface area contributed by atoms with E-state index >= 15 is 0 Å². The maximum absolute atomic E-state index is 13.9. The first-order valence-corrected chi connectivity index (χ1v) is 4.96. The predicted molar refractivity (Wildman–Crippen MR) is 56.9 cm³/mol. The number of Topliss-reactive ketones (excluding diaryl/α,β-unsaturated/α-hetero) is 1. The van der Waals surface area contributed by atoms with E-state index in [2.05, 4.69) is 4.74 Å². The van der Waals surface area contributed by atoms with Gasteiger partial charge < -0.3 is 4.74 Å². The number of carbonyl (C=O) groups excluding carboxylic acids is 2. The number of halogens is 1. The summed E-state index contributed by atoms with van der Waals surface area (Å²) in [6, 6.07) is 7.83. The second-order valence-corrected chi connectivity index (χ2v) is 3.42. The number of ether oxygens (including phenoxy) is 1. The highest BCUT2D eigenvalue weighted by Gasteiger charge is 2.43. The zero-order valence-electron chi connectivity index (χ0n) is 9.20. The monoisotopic (exact) mass is 224 g/mol. The number of ketones is 1. The summed E-state index contributed by atoms with van der Waals surface area (Å²) >= 11 is 0. The fraction of sp³-hybridized carbons (Fsp3) is 0.333. The lowest BCUT2D eigenvalue weighted by Crippen LogP contribution is -2.40. The molecule has 1 unspecified atom stereocenters. The maximum Gasteiger partial charge on any atom is 0.351 e. The number of hydrogen-bond acceptors (Lipinski definition) is 3. The molecule has 86 valence electrons. The van der Waals surface area contributed by atoms with Crippen LogP contribution < -0.4 is 0 Å². The summed E-state index contributed by atoms with van der Waals surface area (Å²) in [5, 5.41) is 0. The minimum Gasteiger partial charge on any atom is -0.463 e. The van der Waals surface area contributed by atoms with E-state index in [1.54, 1.807) is 25.1 Å². The van der Waals surface area contributed by atoms with Crippen molar-refractivity contribution in [2.24, 2.45) is 0 Å². The van der Waals surface area contributed by atoms with Crippen LogP contribution in [0.4, 0.5) is 4.39 Å². The molecule has 16 heavy (non-hydrogen) atoms. The lowest BCUT2D eigenvalue weighted by atomic mass is 9.97. The Hall–Kier alpha value is -1.71. The van der Waals surface area contributed by atoms with Crippen LogP contribution in [0.5, 0.6) is 0 Å². The van der Waals surface area contributed by atoms with Crippen molar-refractivity contribution in [2.75, 3.05) is 6.61 Å². The molecule has 1 rings (SSSR count). The van der Waals surface area contributed by atoms with Crippen LogP contribution in [0.25, 0.3) is 0 Å². The van der Waals surface area contributed by atoms with Gasteiger partial charge in [-0.15, -0.1) is 0 Å². The topological polar surface area (TPSA) is 43.4 Å². The molecule has 0 saturated carbocycles. The van der Waals surface area contributed by atoms with Gasteiger partial charge in [-0.25, -0.2) is 9.18 Å². The number of benzene rings is 1. The van der Waals surface area contributed by atoms with E-state index in [9.17, 15) is 14.0 Å². The van der Waals surface area contributed by atoms with Crippen molar-refractivity contribution < 1.29 is 18.7 Å². The van der Waals surface area contributed by atoms with Crippen molar-refractivity contribution in [1.29, 1.82) is 0 Å². The Balaban J connectivity index is 2.92. The van der Waals surface area contributed by atoms with Gasteiger partial charge in [0.2, 0.25) is 5.78 Å². The molecular formula is C12H13FO3. The van der Waals surface area contributed by atoms with Gasteiger partial charge in [0.05, 0.1) is 6.61 Å². The third kappa shape index (κ3) is 2.45. The van der Waals surface area contributed by atoms with Gasteiger partial charge in [-0.05, 0) is 13.8 Å². The summed E-state index contributed by atoms with van der Waals surface area (Å²) in [7, 11) is 0. The smallest absolute Gasteiger partial charge is 0.351 e. The molecule has 0 saturated heterocycles. The van der Waals surface area contributed by atoms with Gasteiger partial charge in [0.25, 0.3) is 5.67 Å². The first-order chi connectivity index (χ1) is 7.50. The highest BCUT2D eigenvalue weighted by atomic mass is 19.1. The van der Waals surface area contributed by atoms with Gasteiger partial charge in [0, 0.05) is 5.56 Å². The molecule has 4 heteroatoms. The Bertz CT molecular complexity index is 385. The molecule has 1 atom stereocenters. The van der Waals surface area contributed by atoms with E-state index in [1.807, 2.05) is 0 Å². The van der Waals surface area contributed by atoms with E-state index in [0.717, 1.165) is 6.92 Å². The van der Waals surface area contributed by atoms with Gasteiger partial charge in [0.15, 0.2) is 0 Å². The number of rotatable bonds is 4. The largest absolute Gasteiger partial charge is 0.463 e. The lowest BCUT2D eigenvalue weighted by molar-refractivity contribution is -0.152. The molecule has 0 fully saturated rings. The first kappa shape index (κ1) is 12.4. The molecule has 0 radical (unpaired) electrons. The fourth-order valence-electron chi connectivity index (χ4n) is 1.22. The second-order valence-electron chi connectivity index (χ2n) is 3.42. The van der Waals surface area contributed by atoms with E-state index < -0.39 is 17.4 Å². The third-order valence-corrected chi connectivity index (χ3v) is 2.12.